The Morgan fingerprint density at radius 1 is 1.45 bits per heavy atom. The smallest absolute Gasteiger partial charge is 0.237 e. The Balaban J connectivity index is 2.00. The van der Waals surface area contributed by atoms with Gasteiger partial charge in [-0.2, -0.15) is 0 Å². The van der Waals surface area contributed by atoms with Crippen LogP contribution in [0.15, 0.2) is 24.3 Å². The topological polar surface area (TPSA) is 50.4 Å². The molecule has 2 rings (SSSR count). The van der Waals surface area contributed by atoms with E-state index in [1.807, 2.05) is 31.2 Å². The van der Waals surface area contributed by atoms with Crippen molar-refractivity contribution in [1.29, 1.82) is 0 Å². The summed E-state index contributed by atoms with van der Waals surface area (Å²) in [7, 11) is 1.65. The van der Waals surface area contributed by atoms with Crippen molar-refractivity contribution in [2.24, 2.45) is 5.92 Å². The molecule has 4 heteroatoms. The lowest BCUT2D eigenvalue weighted by molar-refractivity contribution is -0.124. The number of benzene rings is 1. The maximum absolute atomic E-state index is 12.3. The second kappa shape index (κ2) is 6.75. The number of rotatable bonds is 4. The monoisotopic (exact) mass is 276 g/mol. The molecule has 1 amide bonds. The molecule has 0 bridgehead atoms. The molecule has 1 aromatic carbocycles. The predicted molar refractivity (Wildman–Crippen MR) is 79.7 cm³/mol. The molecule has 0 spiro atoms. The maximum Gasteiger partial charge on any atom is 0.237 e. The van der Waals surface area contributed by atoms with Crippen LogP contribution in [0.4, 0.5) is 0 Å². The lowest BCUT2D eigenvalue weighted by atomic mass is 9.93. The SMILES string of the molecule is COc1ccccc1C(C)NC(=O)C1CC(C)CCN1. The first kappa shape index (κ1) is 14.9. The molecule has 0 radical (unpaired) electrons. The molecule has 0 aliphatic carbocycles. The molecule has 3 atom stereocenters. The molecule has 110 valence electrons. The van der Waals surface area contributed by atoms with Crippen LogP contribution in [0.3, 0.4) is 0 Å². The van der Waals surface area contributed by atoms with E-state index < -0.39 is 0 Å². The quantitative estimate of drug-likeness (QED) is 0.887. The molecule has 1 heterocycles. The molecule has 4 nitrogen and oxygen atoms in total. The first-order valence-electron chi connectivity index (χ1n) is 7.28. The standard InChI is InChI=1S/C16H24N2O2/c1-11-8-9-17-14(10-11)16(19)18-12(2)13-6-4-5-7-15(13)20-3/h4-7,11-12,14,17H,8-10H2,1-3H3,(H,18,19). The van der Waals surface area contributed by atoms with Crippen molar-refractivity contribution in [3.05, 3.63) is 29.8 Å². The van der Waals surface area contributed by atoms with Crippen LogP contribution < -0.4 is 15.4 Å². The van der Waals surface area contributed by atoms with E-state index in [9.17, 15) is 4.79 Å². The second-order valence-electron chi connectivity index (χ2n) is 5.61. The van der Waals surface area contributed by atoms with Crippen molar-refractivity contribution in [2.45, 2.75) is 38.8 Å². The van der Waals surface area contributed by atoms with Crippen LogP contribution in [0.25, 0.3) is 0 Å². The van der Waals surface area contributed by atoms with Crippen molar-refractivity contribution in [1.82, 2.24) is 10.6 Å². The molecule has 0 saturated carbocycles. The number of ether oxygens (including phenoxy) is 1. The van der Waals surface area contributed by atoms with E-state index >= 15 is 0 Å². The summed E-state index contributed by atoms with van der Waals surface area (Å²) in [4.78, 5) is 12.3. The molecule has 1 fully saturated rings. The molecule has 1 aliphatic heterocycles. The normalized spacial score (nSPS) is 23.9. The van der Waals surface area contributed by atoms with Crippen molar-refractivity contribution in [2.75, 3.05) is 13.7 Å². The van der Waals surface area contributed by atoms with Crippen LogP contribution in [-0.2, 0) is 4.79 Å². The summed E-state index contributed by atoms with van der Waals surface area (Å²) in [5.74, 6) is 1.49. The Hall–Kier alpha value is -1.55. The number of piperidine rings is 1. The van der Waals surface area contributed by atoms with Crippen LogP contribution >= 0.6 is 0 Å². The van der Waals surface area contributed by atoms with Gasteiger partial charge in [-0.25, -0.2) is 0 Å². The van der Waals surface area contributed by atoms with E-state index in [0.717, 1.165) is 30.7 Å². The van der Waals surface area contributed by atoms with Gasteiger partial charge in [0.1, 0.15) is 5.75 Å². The van der Waals surface area contributed by atoms with Gasteiger partial charge >= 0.3 is 0 Å². The van der Waals surface area contributed by atoms with E-state index in [1.54, 1.807) is 7.11 Å². The number of methoxy groups -OCH3 is 1. The number of carbonyl (C=O) groups excluding carboxylic acids is 1. The molecule has 20 heavy (non-hydrogen) atoms. The molecule has 1 aliphatic rings. The Kier molecular flexibility index (Phi) is 5.01. The maximum atomic E-state index is 12.3. The van der Waals surface area contributed by atoms with Crippen LogP contribution in [0.1, 0.15) is 38.3 Å². The highest BCUT2D eigenvalue weighted by molar-refractivity contribution is 5.82. The number of para-hydroxylation sites is 1. The largest absolute Gasteiger partial charge is 0.496 e. The Labute approximate surface area is 120 Å². The molecule has 2 N–H and O–H groups in total. The minimum absolute atomic E-state index is 0.0577. The highest BCUT2D eigenvalue weighted by Crippen LogP contribution is 2.24. The molecular weight excluding hydrogens is 252 g/mol. The van der Waals surface area contributed by atoms with Gasteiger partial charge in [0.15, 0.2) is 0 Å². The third-order valence-electron chi connectivity index (χ3n) is 3.95. The van der Waals surface area contributed by atoms with Crippen LogP contribution in [0.5, 0.6) is 5.75 Å². The third-order valence-corrected chi connectivity index (χ3v) is 3.95. The van der Waals surface area contributed by atoms with E-state index in [2.05, 4.69) is 17.6 Å². The van der Waals surface area contributed by atoms with Crippen molar-refractivity contribution < 1.29 is 9.53 Å². The van der Waals surface area contributed by atoms with E-state index in [1.165, 1.54) is 0 Å². The fourth-order valence-corrected chi connectivity index (χ4v) is 2.72. The van der Waals surface area contributed by atoms with Crippen molar-refractivity contribution in [3.63, 3.8) is 0 Å². The van der Waals surface area contributed by atoms with Gasteiger partial charge in [-0.15, -0.1) is 0 Å². The van der Waals surface area contributed by atoms with E-state index in [-0.39, 0.29) is 18.0 Å². The summed E-state index contributed by atoms with van der Waals surface area (Å²) >= 11 is 0. The van der Waals surface area contributed by atoms with Gasteiger partial charge in [0, 0.05) is 5.56 Å². The highest BCUT2D eigenvalue weighted by Gasteiger charge is 2.26. The summed E-state index contributed by atoms with van der Waals surface area (Å²) < 4.78 is 5.34. The number of amides is 1. The summed E-state index contributed by atoms with van der Waals surface area (Å²) in [6, 6.07) is 7.66. The van der Waals surface area contributed by atoms with Gasteiger partial charge in [-0.3, -0.25) is 4.79 Å². The van der Waals surface area contributed by atoms with Gasteiger partial charge in [-0.1, -0.05) is 25.1 Å². The number of hydrogen-bond donors (Lipinski definition) is 2. The lowest BCUT2D eigenvalue weighted by Crippen LogP contribution is -2.48. The van der Waals surface area contributed by atoms with E-state index in [4.69, 9.17) is 4.74 Å². The molecular formula is C16H24N2O2. The number of nitrogens with one attached hydrogen (secondary N) is 2. The summed E-state index contributed by atoms with van der Waals surface area (Å²) in [5.41, 5.74) is 1.01. The Morgan fingerprint density at radius 2 is 2.20 bits per heavy atom. The summed E-state index contributed by atoms with van der Waals surface area (Å²) in [6.07, 6.45) is 2.05. The highest BCUT2D eigenvalue weighted by atomic mass is 16.5. The number of hydrogen-bond acceptors (Lipinski definition) is 3. The van der Waals surface area contributed by atoms with Crippen LogP contribution in [0, 0.1) is 5.92 Å². The zero-order valence-electron chi connectivity index (χ0n) is 12.5. The fraction of sp³-hybridized carbons (Fsp3) is 0.562. The third kappa shape index (κ3) is 3.51. The van der Waals surface area contributed by atoms with Crippen LogP contribution in [-0.4, -0.2) is 25.6 Å². The van der Waals surface area contributed by atoms with Gasteiger partial charge in [0.25, 0.3) is 0 Å². The minimum atomic E-state index is -0.0732. The van der Waals surface area contributed by atoms with Crippen LogP contribution in [0.2, 0.25) is 0 Å². The molecule has 1 saturated heterocycles. The zero-order valence-corrected chi connectivity index (χ0v) is 12.5. The zero-order chi connectivity index (χ0) is 14.5. The van der Waals surface area contributed by atoms with Crippen molar-refractivity contribution >= 4 is 5.91 Å². The average Bonchev–Trinajstić information content (AvgIpc) is 2.47. The first-order valence-corrected chi connectivity index (χ1v) is 7.28. The van der Waals surface area contributed by atoms with Gasteiger partial charge in [-0.05, 0) is 38.3 Å². The second-order valence-corrected chi connectivity index (χ2v) is 5.61. The van der Waals surface area contributed by atoms with Crippen molar-refractivity contribution in [3.8, 4) is 5.75 Å². The Morgan fingerprint density at radius 3 is 2.90 bits per heavy atom. The first-order chi connectivity index (χ1) is 9.61. The fourth-order valence-electron chi connectivity index (χ4n) is 2.72. The lowest BCUT2D eigenvalue weighted by Gasteiger charge is -2.28. The summed E-state index contributed by atoms with van der Waals surface area (Å²) in [5, 5.41) is 6.37. The van der Waals surface area contributed by atoms with Gasteiger partial charge in [0.05, 0.1) is 19.2 Å². The predicted octanol–water partition coefficient (Wildman–Crippen LogP) is 2.26. The average molecular weight is 276 g/mol. The minimum Gasteiger partial charge on any atom is -0.496 e. The summed E-state index contributed by atoms with van der Waals surface area (Å²) in [6.45, 7) is 5.11. The Bertz CT molecular complexity index is 462. The molecule has 3 unspecified atom stereocenters. The van der Waals surface area contributed by atoms with Gasteiger partial charge < -0.3 is 15.4 Å². The molecule has 0 aromatic heterocycles. The number of carbonyl (C=O) groups is 1. The van der Waals surface area contributed by atoms with Gasteiger partial charge in [0.2, 0.25) is 5.91 Å². The van der Waals surface area contributed by atoms with E-state index in [0.29, 0.717) is 5.92 Å². The molecule has 1 aromatic rings.